The summed E-state index contributed by atoms with van der Waals surface area (Å²) in [6.07, 6.45) is 4.89. The Morgan fingerprint density at radius 2 is 2.33 bits per heavy atom. The molecule has 1 aliphatic rings. The highest BCUT2D eigenvalue weighted by atomic mass is 16.4. The monoisotopic (exact) mass is 213 g/mol. The van der Waals surface area contributed by atoms with Gasteiger partial charge < -0.3 is 10.4 Å². The van der Waals surface area contributed by atoms with Gasteiger partial charge in [-0.2, -0.15) is 0 Å². The van der Waals surface area contributed by atoms with Crippen molar-refractivity contribution >= 4 is 5.97 Å². The zero-order chi connectivity index (χ0) is 11.3. The SMILES string of the molecule is CCNC[C@@]1(CC(=O)O)CCC[C@@H](C)C1. The van der Waals surface area contributed by atoms with Crippen LogP contribution in [-0.4, -0.2) is 24.2 Å². The highest BCUT2D eigenvalue weighted by Crippen LogP contribution is 2.41. The summed E-state index contributed by atoms with van der Waals surface area (Å²) in [5, 5.41) is 12.3. The molecule has 2 N–H and O–H groups in total. The summed E-state index contributed by atoms with van der Waals surface area (Å²) in [6, 6.07) is 0. The van der Waals surface area contributed by atoms with Crippen LogP contribution in [0.25, 0.3) is 0 Å². The Labute approximate surface area is 92.3 Å². The number of hydrogen-bond acceptors (Lipinski definition) is 2. The molecule has 2 atom stereocenters. The number of carbonyl (C=O) groups is 1. The van der Waals surface area contributed by atoms with Gasteiger partial charge in [0.05, 0.1) is 6.42 Å². The van der Waals surface area contributed by atoms with E-state index in [4.69, 9.17) is 5.11 Å². The van der Waals surface area contributed by atoms with Crippen LogP contribution >= 0.6 is 0 Å². The van der Waals surface area contributed by atoms with Crippen LogP contribution in [0.3, 0.4) is 0 Å². The first kappa shape index (κ1) is 12.5. The molecule has 0 spiro atoms. The number of aliphatic carboxylic acids is 1. The predicted octanol–water partition coefficient (Wildman–Crippen LogP) is 2.27. The Kier molecular flexibility index (Phi) is 4.58. The van der Waals surface area contributed by atoms with E-state index in [0.29, 0.717) is 12.3 Å². The molecular formula is C12H23NO2. The Morgan fingerprint density at radius 3 is 2.87 bits per heavy atom. The third kappa shape index (κ3) is 3.82. The van der Waals surface area contributed by atoms with Crippen LogP contribution in [0.2, 0.25) is 0 Å². The van der Waals surface area contributed by atoms with Crippen LogP contribution in [0.5, 0.6) is 0 Å². The molecule has 1 saturated carbocycles. The van der Waals surface area contributed by atoms with Crippen LogP contribution in [0.1, 0.15) is 46.0 Å². The van der Waals surface area contributed by atoms with Crippen molar-refractivity contribution in [2.75, 3.05) is 13.1 Å². The third-order valence-electron chi connectivity index (χ3n) is 3.46. The summed E-state index contributed by atoms with van der Waals surface area (Å²) in [4.78, 5) is 10.9. The maximum absolute atomic E-state index is 10.9. The lowest BCUT2D eigenvalue weighted by molar-refractivity contribution is -0.140. The second-order valence-electron chi connectivity index (χ2n) is 5.05. The minimum absolute atomic E-state index is 0.0134. The molecule has 1 aliphatic carbocycles. The van der Waals surface area contributed by atoms with Gasteiger partial charge in [0.2, 0.25) is 0 Å². The van der Waals surface area contributed by atoms with Gasteiger partial charge >= 0.3 is 5.97 Å². The minimum atomic E-state index is -0.651. The van der Waals surface area contributed by atoms with Crippen LogP contribution in [-0.2, 0) is 4.79 Å². The third-order valence-corrected chi connectivity index (χ3v) is 3.46. The molecule has 0 heterocycles. The topological polar surface area (TPSA) is 49.3 Å². The fraction of sp³-hybridized carbons (Fsp3) is 0.917. The van der Waals surface area contributed by atoms with Gasteiger partial charge in [-0.1, -0.05) is 26.7 Å². The van der Waals surface area contributed by atoms with Crippen molar-refractivity contribution in [3.63, 3.8) is 0 Å². The molecule has 0 bridgehead atoms. The molecule has 0 radical (unpaired) electrons. The summed E-state index contributed by atoms with van der Waals surface area (Å²) >= 11 is 0. The van der Waals surface area contributed by atoms with Gasteiger partial charge in [0, 0.05) is 6.54 Å². The van der Waals surface area contributed by atoms with Gasteiger partial charge in [-0.3, -0.25) is 4.79 Å². The van der Waals surface area contributed by atoms with Crippen molar-refractivity contribution in [3.05, 3.63) is 0 Å². The Morgan fingerprint density at radius 1 is 1.60 bits per heavy atom. The minimum Gasteiger partial charge on any atom is -0.481 e. The molecule has 3 nitrogen and oxygen atoms in total. The molecule has 1 fully saturated rings. The molecule has 0 aliphatic heterocycles. The van der Waals surface area contributed by atoms with E-state index >= 15 is 0 Å². The first-order valence-corrected chi connectivity index (χ1v) is 6.00. The summed E-state index contributed by atoms with van der Waals surface area (Å²) < 4.78 is 0. The maximum Gasteiger partial charge on any atom is 0.303 e. The molecule has 15 heavy (non-hydrogen) atoms. The first-order valence-electron chi connectivity index (χ1n) is 6.00. The van der Waals surface area contributed by atoms with Crippen LogP contribution in [0.4, 0.5) is 0 Å². The smallest absolute Gasteiger partial charge is 0.303 e. The van der Waals surface area contributed by atoms with E-state index in [-0.39, 0.29) is 5.41 Å². The Balaban J connectivity index is 2.61. The number of carboxylic acid groups (broad SMARTS) is 1. The zero-order valence-electron chi connectivity index (χ0n) is 9.88. The van der Waals surface area contributed by atoms with Gasteiger partial charge in [-0.05, 0) is 30.7 Å². The molecular weight excluding hydrogens is 190 g/mol. The Hall–Kier alpha value is -0.570. The molecule has 0 aromatic carbocycles. The highest BCUT2D eigenvalue weighted by Gasteiger charge is 2.36. The summed E-state index contributed by atoms with van der Waals surface area (Å²) in [5.41, 5.74) is 0.0134. The van der Waals surface area contributed by atoms with E-state index in [1.807, 2.05) is 0 Å². The summed E-state index contributed by atoms with van der Waals surface area (Å²) in [6.45, 7) is 6.10. The molecule has 0 saturated heterocycles. The molecule has 0 amide bonds. The molecule has 88 valence electrons. The normalized spacial score (nSPS) is 31.5. The zero-order valence-corrected chi connectivity index (χ0v) is 9.88. The molecule has 0 unspecified atom stereocenters. The van der Waals surface area contributed by atoms with Crippen molar-refractivity contribution in [3.8, 4) is 0 Å². The fourth-order valence-corrected chi connectivity index (χ4v) is 2.86. The van der Waals surface area contributed by atoms with E-state index < -0.39 is 5.97 Å². The van der Waals surface area contributed by atoms with Crippen molar-refractivity contribution < 1.29 is 9.90 Å². The lowest BCUT2D eigenvalue weighted by Gasteiger charge is -2.39. The molecule has 0 aromatic heterocycles. The van der Waals surface area contributed by atoms with Gasteiger partial charge in [0.1, 0.15) is 0 Å². The second kappa shape index (κ2) is 5.50. The lowest BCUT2D eigenvalue weighted by Crippen LogP contribution is -2.39. The number of rotatable bonds is 5. The molecule has 1 rings (SSSR count). The largest absolute Gasteiger partial charge is 0.481 e. The van der Waals surface area contributed by atoms with E-state index in [9.17, 15) is 4.79 Å². The predicted molar refractivity (Wildman–Crippen MR) is 60.9 cm³/mol. The fourth-order valence-electron chi connectivity index (χ4n) is 2.86. The van der Waals surface area contributed by atoms with Crippen LogP contribution < -0.4 is 5.32 Å². The van der Waals surface area contributed by atoms with E-state index in [0.717, 1.165) is 25.9 Å². The Bertz CT molecular complexity index is 218. The van der Waals surface area contributed by atoms with Gasteiger partial charge in [-0.25, -0.2) is 0 Å². The standard InChI is InChI=1S/C12H23NO2/c1-3-13-9-12(8-11(14)15)6-4-5-10(2)7-12/h10,13H,3-9H2,1-2H3,(H,14,15)/t10-,12+/m1/s1. The average molecular weight is 213 g/mol. The lowest BCUT2D eigenvalue weighted by atomic mass is 9.68. The van der Waals surface area contributed by atoms with Crippen molar-refractivity contribution in [1.82, 2.24) is 5.32 Å². The van der Waals surface area contributed by atoms with E-state index in [2.05, 4.69) is 19.2 Å². The van der Waals surface area contributed by atoms with E-state index in [1.54, 1.807) is 0 Å². The number of hydrogen-bond donors (Lipinski definition) is 2. The van der Waals surface area contributed by atoms with Crippen molar-refractivity contribution in [1.29, 1.82) is 0 Å². The highest BCUT2D eigenvalue weighted by molar-refractivity contribution is 5.67. The van der Waals surface area contributed by atoms with E-state index in [1.165, 1.54) is 12.8 Å². The number of nitrogens with one attached hydrogen (secondary N) is 1. The average Bonchev–Trinajstić information content (AvgIpc) is 2.13. The maximum atomic E-state index is 10.9. The van der Waals surface area contributed by atoms with Crippen LogP contribution in [0, 0.1) is 11.3 Å². The van der Waals surface area contributed by atoms with Gasteiger partial charge in [0.15, 0.2) is 0 Å². The van der Waals surface area contributed by atoms with Gasteiger partial charge in [0.25, 0.3) is 0 Å². The van der Waals surface area contributed by atoms with Crippen molar-refractivity contribution in [2.45, 2.75) is 46.0 Å². The quantitative estimate of drug-likeness (QED) is 0.736. The summed E-state index contributed by atoms with van der Waals surface area (Å²) in [7, 11) is 0. The molecule has 3 heteroatoms. The molecule has 0 aromatic rings. The summed E-state index contributed by atoms with van der Waals surface area (Å²) in [5.74, 6) is 0.0266. The van der Waals surface area contributed by atoms with Crippen LogP contribution in [0.15, 0.2) is 0 Å². The second-order valence-corrected chi connectivity index (χ2v) is 5.05. The number of carboxylic acids is 1. The van der Waals surface area contributed by atoms with Gasteiger partial charge in [-0.15, -0.1) is 0 Å². The van der Waals surface area contributed by atoms with Crippen molar-refractivity contribution in [2.24, 2.45) is 11.3 Å². The first-order chi connectivity index (χ1) is 7.08.